The van der Waals surface area contributed by atoms with Crippen LogP contribution in [0.25, 0.3) is 21.9 Å². The number of benzene rings is 1. The van der Waals surface area contributed by atoms with Crippen LogP contribution in [0.5, 0.6) is 0 Å². The number of nitrogens with two attached hydrogens (primary N) is 1. The first-order valence-corrected chi connectivity index (χ1v) is 8.37. The molecule has 6 heteroatoms. The smallest absolute Gasteiger partial charge is 0.230 e. The summed E-state index contributed by atoms with van der Waals surface area (Å²) in [4.78, 5) is 20.6. The largest absolute Gasteiger partial charge is 0.398 e. The van der Waals surface area contributed by atoms with Gasteiger partial charge >= 0.3 is 0 Å². The summed E-state index contributed by atoms with van der Waals surface area (Å²) >= 11 is 0. The number of nitrogen functional groups attached to an aromatic ring is 1. The lowest BCUT2D eigenvalue weighted by Crippen LogP contribution is -2.15. The van der Waals surface area contributed by atoms with Crippen molar-refractivity contribution in [1.82, 2.24) is 9.97 Å². The number of aryl methyl sites for hydroxylation is 1. The maximum Gasteiger partial charge on any atom is 0.230 e. The molecule has 1 amide bonds. The van der Waals surface area contributed by atoms with Crippen LogP contribution in [0.1, 0.15) is 12.0 Å². The van der Waals surface area contributed by atoms with E-state index in [-0.39, 0.29) is 17.7 Å². The zero-order valence-electron chi connectivity index (χ0n) is 14.2. The fourth-order valence-electron chi connectivity index (χ4n) is 3.12. The van der Waals surface area contributed by atoms with Crippen LogP contribution in [0.3, 0.4) is 0 Å². The van der Waals surface area contributed by atoms with Gasteiger partial charge in [-0.25, -0.2) is 4.98 Å². The molecule has 6 nitrogen and oxygen atoms in total. The Hall–Kier alpha value is -3.46. The average molecular weight is 343 g/mol. The molecule has 2 unspecified atom stereocenters. The summed E-state index contributed by atoms with van der Waals surface area (Å²) in [6.45, 7) is 2.02. The molecule has 0 bridgehead atoms. The van der Waals surface area contributed by atoms with Crippen LogP contribution in [-0.4, -0.2) is 15.9 Å². The van der Waals surface area contributed by atoms with E-state index in [1.165, 1.54) is 0 Å². The minimum absolute atomic E-state index is 0.157. The number of anilines is 2. The molecule has 1 aliphatic carbocycles. The topological polar surface area (TPSA) is 105 Å². The lowest BCUT2D eigenvalue weighted by Gasteiger charge is -2.11. The first-order chi connectivity index (χ1) is 12.6. The SMILES string of the molecule is Cc1ccncc1-c1cc(N)c2cnc(NC(=O)C3CC3C#N)cc2c1. The molecule has 0 spiro atoms. The second-order valence-corrected chi connectivity index (χ2v) is 6.61. The van der Waals surface area contributed by atoms with Crippen LogP contribution in [0, 0.1) is 30.1 Å². The molecule has 26 heavy (non-hydrogen) atoms. The van der Waals surface area contributed by atoms with Gasteiger partial charge in [-0.1, -0.05) is 0 Å². The van der Waals surface area contributed by atoms with Crippen molar-refractivity contribution in [2.45, 2.75) is 13.3 Å². The Morgan fingerprint density at radius 2 is 2.19 bits per heavy atom. The highest BCUT2D eigenvalue weighted by Crippen LogP contribution is 2.38. The van der Waals surface area contributed by atoms with Crippen molar-refractivity contribution in [3.8, 4) is 17.2 Å². The predicted octanol–water partition coefficient (Wildman–Crippen LogP) is 3.29. The standard InChI is InChI=1S/C20H17N5O/c1-11-2-3-23-9-16(11)12-4-13-7-19(24-10-17(13)18(22)6-12)25-20(26)15-5-14(15)8-21/h2-4,6-7,9-10,14-15H,5,22H2,1H3,(H,24,25,26). The molecule has 0 saturated heterocycles. The van der Waals surface area contributed by atoms with Gasteiger partial charge in [0.2, 0.25) is 5.91 Å². The highest BCUT2D eigenvalue weighted by atomic mass is 16.2. The number of aromatic nitrogens is 2. The van der Waals surface area contributed by atoms with E-state index in [4.69, 9.17) is 11.0 Å². The molecule has 1 saturated carbocycles. The van der Waals surface area contributed by atoms with Crippen LogP contribution >= 0.6 is 0 Å². The van der Waals surface area contributed by atoms with Crippen molar-refractivity contribution in [3.63, 3.8) is 0 Å². The Balaban J connectivity index is 1.70. The average Bonchev–Trinajstić information content (AvgIpc) is 3.42. The molecule has 1 fully saturated rings. The van der Waals surface area contributed by atoms with Crippen molar-refractivity contribution in [2.24, 2.45) is 11.8 Å². The number of hydrogen-bond acceptors (Lipinski definition) is 5. The van der Waals surface area contributed by atoms with Gasteiger partial charge in [0.15, 0.2) is 0 Å². The van der Waals surface area contributed by atoms with E-state index in [2.05, 4.69) is 21.4 Å². The normalized spacial score (nSPS) is 18.3. The van der Waals surface area contributed by atoms with E-state index >= 15 is 0 Å². The second kappa shape index (κ2) is 6.12. The number of amides is 1. The van der Waals surface area contributed by atoms with E-state index < -0.39 is 0 Å². The molecular formula is C20H17N5O. The number of pyridine rings is 2. The Morgan fingerprint density at radius 1 is 1.35 bits per heavy atom. The molecule has 4 rings (SSSR count). The quantitative estimate of drug-likeness (QED) is 0.710. The Bertz CT molecular complexity index is 1070. The summed E-state index contributed by atoms with van der Waals surface area (Å²) < 4.78 is 0. The first-order valence-electron chi connectivity index (χ1n) is 8.37. The van der Waals surface area contributed by atoms with Gasteiger partial charge in [-0.05, 0) is 54.1 Å². The number of nitriles is 1. The molecular weight excluding hydrogens is 326 g/mol. The minimum atomic E-state index is -0.230. The van der Waals surface area contributed by atoms with Crippen molar-refractivity contribution >= 4 is 28.2 Å². The predicted molar refractivity (Wildman–Crippen MR) is 100.0 cm³/mol. The van der Waals surface area contributed by atoms with Gasteiger partial charge < -0.3 is 11.1 Å². The maximum atomic E-state index is 12.1. The molecule has 0 radical (unpaired) electrons. The molecule has 128 valence electrons. The lowest BCUT2D eigenvalue weighted by atomic mass is 9.99. The Morgan fingerprint density at radius 3 is 2.92 bits per heavy atom. The number of fused-ring (bicyclic) bond motifs is 1. The molecule has 1 aromatic carbocycles. The summed E-state index contributed by atoms with van der Waals surface area (Å²) in [6, 6.07) is 9.81. The molecule has 3 N–H and O–H groups in total. The zero-order valence-corrected chi connectivity index (χ0v) is 14.2. The van der Waals surface area contributed by atoms with E-state index in [0.717, 1.165) is 27.5 Å². The number of carbonyl (C=O) groups excluding carboxylic acids is 1. The van der Waals surface area contributed by atoms with Gasteiger partial charge in [-0.3, -0.25) is 9.78 Å². The Kier molecular flexibility index (Phi) is 3.77. The van der Waals surface area contributed by atoms with E-state index in [0.29, 0.717) is 17.9 Å². The first kappa shape index (κ1) is 16.0. The highest BCUT2D eigenvalue weighted by Gasteiger charge is 2.43. The van der Waals surface area contributed by atoms with Gasteiger partial charge in [0.25, 0.3) is 0 Å². The Labute approximate surface area is 150 Å². The van der Waals surface area contributed by atoms with Gasteiger partial charge in [0.1, 0.15) is 5.82 Å². The van der Waals surface area contributed by atoms with Crippen LogP contribution in [0.4, 0.5) is 11.5 Å². The van der Waals surface area contributed by atoms with Crippen LogP contribution in [0.15, 0.2) is 42.9 Å². The number of nitrogens with zero attached hydrogens (tertiary/aromatic N) is 3. The van der Waals surface area contributed by atoms with Gasteiger partial charge in [-0.15, -0.1) is 0 Å². The van der Waals surface area contributed by atoms with Crippen molar-refractivity contribution < 1.29 is 4.79 Å². The molecule has 2 atom stereocenters. The summed E-state index contributed by atoms with van der Waals surface area (Å²) in [5.41, 5.74) is 9.92. The van der Waals surface area contributed by atoms with Crippen molar-refractivity contribution in [1.29, 1.82) is 5.26 Å². The number of hydrogen-bond donors (Lipinski definition) is 2. The fourth-order valence-corrected chi connectivity index (χ4v) is 3.12. The van der Waals surface area contributed by atoms with Gasteiger partial charge in [-0.2, -0.15) is 5.26 Å². The third-order valence-electron chi connectivity index (χ3n) is 4.76. The summed E-state index contributed by atoms with van der Waals surface area (Å²) in [6.07, 6.45) is 5.85. The molecule has 2 aromatic heterocycles. The third-order valence-corrected chi connectivity index (χ3v) is 4.76. The number of carbonyl (C=O) groups is 1. The molecule has 0 aliphatic heterocycles. The molecule has 1 aliphatic rings. The maximum absolute atomic E-state index is 12.1. The molecule has 3 aromatic rings. The third kappa shape index (κ3) is 2.84. The fraction of sp³-hybridized carbons (Fsp3) is 0.200. The van der Waals surface area contributed by atoms with Gasteiger partial charge in [0.05, 0.1) is 17.9 Å². The van der Waals surface area contributed by atoms with Crippen LogP contribution in [-0.2, 0) is 4.79 Å². The highest BCUT2D eigenvalue weighted by molar-refractivity contribution is 6.00. The van der Waals surface area contributed by atoms with E-state index in [1.54, 1.807) is 12.4 Å². The summed E-state index contributed by atoms with van der Waals surface area (Å²) in [7, 11) is 0. The minimum Gasteiger partial charge on any atom is -0.398 e. The van der Waals surface area contributed by atoms with E-state index in [1.807, 2.05) is 37.4 Å². The van der Waals surface area contributed by atoms with E-state index in [9.17, 15) is 4.79 Å². The number of nitrogens with one attached hydrogen (secondary N) is 1. The van der Waals surface area contributed by atoms with Crippen molar-refractivity contribution in [3.05, 3.63) is 48.4 Å². The monoisotopic (exact) mass is 343 g/mol. The summed E-state index contributed by atoms with van der Waals surface area (Å²) in [5.74, 6) is -0.0978. The molecule has 2 heterocycles. The van der Waals surface area contributed by atoms with Gasteiger partial charge in [0, 0.05) is 35.2 Å². The zero-order chi connectivity index (χ0) is 18.3. The lowest BCUT2D eigenvalue weighted by molar-refractivity contribution is -0.117. The van der Waals surface area contributed by atoms with Crippen molar-refractivity contribution in [2.75, 3.05) is 11.1 Å². The second-order valence-electron chi connectivity index (χ2n) is 6.61. The van der Waals surface area contributed by atoms with Crippen LogP contribution in [0.2, 0.25) is 0 Å². The number of rotatable bonds is 3. The summed E-state index contributed by atoms with van der Waals surface area (Å²) in [5, 5.41) is 13.4. The van der Waals surface area contributed by atoms with Crippen LogP contribution < -0.4 is 11.1 Å².